The number of aromatic nitrogens is 4. The minimum atomic E-state index is -0.185. The number of hydrogen-bond acceptors (Lipinski definition) is 5. The van der Waals surface area contributed by atoms with Gasteiger partial charge < -0.3 is 15.5 Å². The number of rotatable bonds is 4. The molecule has 0 unspecified atom stereocenters. The molecule has 3 rings (SSSR count). The summed E-state index contributed by atoms with van der Waals surface area (Å²) >= 11 is 0. The average Bonchev–Trinajstić information content (AvgIpc) is 3.04. The normalized spacial score (nSPS) is 15.4. The highest BCUT2D eigenvalue weighted by Gasteiger charge is 2.22. The number of nitrogens with zero attached hydrogens (tertiary/aromatic N) is 5. The Balaban J connectivity index is 1.46. The van der Waals surface area contributed by atoms with E-state index in [0.717, 1.165) is 38.4 Å². The van der Waals surface area contributed by atoms with E-state index in [1.165, 1.54) is 0 Å². The molecule has 1 aliphatic rings. The molecule has 1 aliphatic heterocycles. The van der Waals surface area contributed by atoms with Crippen LogP contribution < -0.4 is 15.5 Å². The van der Waals surface area contributed by atoms with Crippen LogP contribution in [-0.2, 0) is 6.54 Å². The minimum absolute atomic E-state index is 0.163. The smallest absolute Gasteiger partial charge is 0.319 e. The van der Waals surface area contributed by atoms with Gasteiger partial charge in [-0.2, -0.15) is 5.10 Å². The van der Waals surface area contributed by atoms with Gasteiger partial charge in [0.25, 0.3) is 0 Å². The second-order valence-electron chi connectivity index (χ2n) is 5.49. The maximum atomic E-state index is 12.0. The predicted molar refractivity (Wildman–Crippen MR) is 87.3 cm³/mol. The van der Waals surface area contributed by atoms with Gasteiger partial charge in [-0.25, -0.2) is 14.8 Å². The monoisotopic (exact) mass is 315 g/mol. The van der Waals surface area contributed by atoms with E-state index in [-0.39, 0.29) is 12.1 Å². The molecular formula is C15H21N7O. The third-order valence-corrected chi connectivity index (χ3v) is 3.88. The Morgan fingerprint density at radius 1 is 1.30 bits per heavy atom. The average molecular weight is 315 g/mol. The van der Waals surface area contributed by atoms with Gasteiger partial charge in [0.15, 0.2) is 0 Å². The van der Waals surface area contributed by atoms with Crippen LogP contribution >= 0.6 is 0 Å². The SMILES string of the molecule is CCn1cc(NC(=O)NC2CCN(c3ncccn3)CC2)cn1. The summed E-state index contributed by atoms with van der Waals surface area (Å²) in [6, 6.07) is 1.79. The maximum absolute atomic E-state index is 12.0. The van der Waals surface area contributed by atoms with Crippen LogP contribution in [0.2, 0.25) is 0 Å². The molecule has 2 N–H and O–H groups in total. The lowest BCUT2D eigenvalue weighted by Gasteiger charge is -2.32. The summed E-state index contributed by atoms with van der Waals surface area (Å²) in [6.45, 7) is 4.45. The summed E-state index contributed by atoms with van der Waals surface area (Å²) in [5.74, 6) is 0.752. The Kier molecular flexibility index (Phi) is 4.70. The molecule has 8 nitrogen and oxygen atoms in total. The Morgan fingerprint density at radius 2 is 2.04 bits per heavy atom. The van der Waals surface area contributed by atoms with Crippen LogP contribution in [0.4, 0.5) is 16.4 Å². The Labute approximate surface area is 134 Å². The molecule has 3 heterocycles. The molecule has 2 aromatic heterocycles. The molecule has 2 amide bonds. The molecule has 0 bridgehead atoms. The molecule has 1 fully saturated rings. The van der Waals surface area contributed by atoms with Crippen LogP contribution in [0.1, 0.15) is 19.8 Å². The van der Waals surface area contributed by atoms with Gasteiger partial charge in [-0.3, -0.25) is 4.68 Å². The van der Waals surface area contributed by atoms with Crippen molar-refractivity contribution in [3.63, 3.8) is 0 Å². The number of anilines is 2. The summed E-state index contributed by atoms with van der Waals surface area (Å²) in [5, 5.41) is 9.96. The number of hydrogen-bond donors (Lipinski definition) is 2. The zero-order chi connectivity index (χ0) is 16.1. The van der Waals surface area contributed by atoms with Crippen molar-refractivity contribution in [3.8, 4) is 0 Å². The van der Waals surface area contributed by atoms with Crippen LogP contribution in [0.25, 0.3) is 0 Å². The second-order valence-corrected chi connectivity index (χ2v) is 5.49. The summed E-state index contributed by atoms with van der Waals surface area (Å²) in [6.07, 6.45) is 8.71. The lowest BCUT2D eigenvalue weighted by molar-refractivity contribution is 0.246. The van der Waals surface area contributed by atoms with E-state index in [0.29, 0.717) is 5.69 Å². The van der Waals surface area contributed by atoms with E-state index < -0.39 is 0 Å². The van der Waals surface area contributed by atoms with E-state index >= 15 is 0 Å². The van der Waals surface area contributed by atoms with E-state index in [4.69, 9.17) is 0 Å². The fourth-order valence-electron chi connectivity index (χ4n) is 2.63. The zero-order valence-corrected chi connectivity index (χ0v) is 13.1. The number of carbonyl (C=O) groups is 1. The Hall–Kier alpha value is -2.64. The van der Waals surface area contributed by atoms with Gasteiger partial charge in [0, 0.05) is 44.3 Å². The van der Waals surface area contributed by atoms with Crippen molar-refractivity contribution in [2.45, 2.75) is 32.4 Å². The number of carbonyl (C=O) groups excluding carboxylic acids is 1. The molecule has 8 heteroatoms. The first-order chi connectivity index (χ1) is 11.2. The highest BCUT2D eigenvalue weighted by Crippen LogP contribution is 2.15. The molecule has 1 saturated heterocycles. The number of nitrogens with one attached hydrogen (secondary N) is 2. The van der Waals surface area contributed by atoms with E-state index in [2.05, 4.69) is 30.6 Å². The van der Waals surface area contributed by atoms with E-state index in [1.54, 1.807) is 23.3 Å². The summed E-state index contributed by atoms with van der Waals surface area (Å²) in [5.41, 5.74) is 0.708. The summed E-state index contributed by atoms with van der Waals surface area (Å²) < 4.78 is 1.77. The van der Waals surface area contributed by atoms with Crippen molar-refractivity contribution in [2.24, 2.45) is 0 Å². The fraction of sp³-hybridized carbons (Fsp3) is 0.467. The van der Waals surface area contributed by atoms with Crippen molar-refractivity contribution >= 4 is 17.7 Å². The third kappa shape index (κ3) is 3.97. The lowest BCUT2D eigenvalue weighted by atomic mass is 10.1. The van der Waals surface area contributed by atoms with Gasteiger partial charge in [-0.1, -0.05) is 0 Å². The van der Waals surface area contributed by atoms with Crippen molar-refractivity contribution < 1.29 is 4.79 Å². The third-order valence-electron chi connectivity index (χ3n) is 3.88. The predicted octanol–water partition coefficient (Wildman–Crippen LogP) is 1.48. The maximum Gasteiger partial charge on any atom is 0.319 e. The first-order valence-electron chi connectivity index (χ1n) is 7.86. The molecule has 0 atom stereocenters. The molecule has 0 aromatic carbocycles. The Bertz CT molecular complexity index is 634. The van der Waals surface area contributed by atoms with E-state index in [1.807, 2.05) is 19.2 Å². The Morgan fingerprint density at radius 3 is 2.70 bits per heavy atom. The van der Waals surface area contributed by atoms with Gasteiger partial charge in [0.1, 0.15) is 0 Å². The van der Waals surface area contributed by atoms with Crippen LogP contribution in [0.3, 0.4) is 0 Å². The molecule has 0 radical (unpaired) electrons. The van der Waals surface area contributed by atoms with Crippen molar-refractivity contribution in [1.82, 2.24) is 25.1 Å². The molecule has 23 heavy (non-hydrogen) atoms. The number of aryl methyl sites for hydroxylation is 1. The summed E-state index contributed by atoms with van der Waals surface area (Å²) in [7, 11) is 0. The van der Waals surface area contributed by atoms with Gasteiger partial charge >= 0.3 is 6.03 Å². The number of amides is 2. The summed E-state index contributed by atoms with van der Waals surface area (Å²) in [4.78, 5) is 22.7. The van der Waals surface area contributed by atoms with Crippen LogP contribution in [0, 0.1) is 0 Å². The van der Waals surface area contributed by atoms with Crippen molar-refractivity contribution in [3.05, 3.63) is 30.9 Å². The highest BCUT2D eigenvalue weighted by molar-refractivity contribution is 5.89. The minimum Gasteiger partial charge on any atom is -0.341 e. The first-order valence-corrected chi connectivity index (χ1v) is 7.86. The van der Waals surface area contributed by atoms with Crippen LogP contribution in [0.15, 0.2) is 30.9 Å². The fourth-order valence-corrected chi connectivity index (χ4v) is 2.63. The quantitative estimate of drug-likeness (QED) is 0.892. The van der Waals surface area contributed by atoms with Gasteiger partial charge in [0.2, 0.25) is 5.95 Å². The van der Waals surface area contributed by atoms with Crippen molar-refractivity contribution in [1.29, 1.82) is 0 Å². The molecule has 122 valence electrons. The molecule has 0 saturated carbocycles. The van der Waals surface area contributed by atoms with Crippen LogP contribution in [-0.4, -0.2) is 44.9 Å². The second kappa shape index (κ2) is 7.08. The van der Waals surface area contributed by atoms with Gasteiger partial charge in [-0.05, 0) is 25.8 Å². The van der Waals surface area contributed by atoms with Gasteiger partial charge in [-0.15, -0.1) is 0 Å². The highest BCUT2D eigenvalue weighted by atomic mass is 16.2. The lowest BCUT2D eigenvalue weighted by Crippen LogP contribution is -2.46. The molecular weight excluding hydrogens is 294 g/mol. The number of piperidine rings is 1. The van der Waals surface area contributed by atoms with Crippen LogP contribution in [0.5, 0.6) is 0 Å². The standard InChI is InChI=1S/C15H21N7O/c1-2-22-11-13(10-18-22)20-15(23)19-12-4-8-21(9-5-12)14-16-6-3-7-17-14/h3,6-7,10-12H,2,4-5,8-9H2,1H3,(H2,19,20,23). The first kappa shape index (κ1) is 15.3. The molecule has 0 aliphatic carbocycles. The molecule has 0 spiro atoms. The van der Waals surface area contributed by atoms with Crippen molar-refractivity contribution in [2.75, 3.05) is 23.3 Å². The largest absolute Gasteiger partial charge is 0.341 e. The zero-order valence-electron chi connectivity index (χ0n) is 13.1. The molecule has 2 aromatic rings. The van der Waals surface area contributed by atoms with E-state index in [9.17, 15) is 4.79 Å². The number of urea groups is 1. The van der Waals surface area contributed by atoms with Gasteiger partial charge in [0.05, 0.1) is 11.9 Å². The topological polar surface area (TPSA) is 88.0 Å².